The van der Waals surface area contributed by atoms with Crippen LogP contribution in [0.2, 0.25) is 0 Å². The molecule has 0 saturated heterocycles. The van der Waals surface area contributed by atoms with E-state index in [2.05, 4.69) is 4.98 Å². The van der Waals surface area contributed by atoms with Gasteiger partial charge < -0.3 is 25.1 Å². The Morgan fingerprint density at radius 1 is 1.25 bits per heavy atom. The number of imidazole rings is 1. The minimum Gasteiger partial charge on any atom is -0.497 e. The number of carbonyl (C=O) groups excluding carboxylic acids is 2. The summed E-state index contributed by atoms with van der Waals surface area (Å²) in [6.45, 7) is -0.175. The molecule has 3 N–H and O–H groups in total. The van der Waals surface area contributed by atoms with E-state index in [0.717, 1.165) is 4.57 Å². The van der Waals surface area contributed by atoms with Gasteiger partial charge in [0, 0.05) is 24.7 Å². The van der Waals surface area contributed by atoms with Gasteiger partial charge in [-0.15, -0.1) is 0 Å². The first-order chi connectivity index (χ1) is 15.3. The molecule has 3 aromatic rings. The molecule has 1 heterocycles. The molecule has 0 saturated carbocycles. The topological polar surface area (TPSA) is 163 Å². The van der Waals surface area contributed by atoms with Crippen molar-refractivity contribution in [2.24, 2.45) is 5.73 Å². The first kappa shape index (κ1) is 22.3. The van der Waals surface area contributed by atoms with Crippen LogP contribution in [0, 0.1) is 10.1 Å². The van der Waals surface area contributed by atoms with Gasteiger partial charge in [-0.05, 0) is 23.8 Å². The average Bonchev–Trinajstić information content (AvgIpc) is 3.10. The Morgan fingerprint density at radius 3 is 2.44 bits per heavy atom. The van der Waals surface area contributed by atoms with Gasteiger partial charge in [0.05, 0.1) is 36.7 Å². The van der Waals surface area contributed by atoms with Crippen molar-refractivity contribution in [2.45, 2.75) is 12.6 Å². The zero-order valence-corrected chi connectivity index (χ0v) is 17.3. The van der Waals surface area contributed by atoms with Gasteiger partial charge in [0.15, 0.2) is 0 Å². The average molecular weight is 443 g/mol. The first-order valence-electron chi connectivity index (χ1n) is 9.36. The highest BCUT2D eigenvalue weighted by Crippen LogP contribution is 2.25. The van der Waals surface area contributed by atoms with Gasteiger partial charge >= 0.3 is 5.69 Å². The molecule has 2 amide bonds. The van der Waals surface area contributed by atoms with Crippen LogP contribution in [0.5, 0.6) is 11.5 Å². The van der Waals surface area contributed by atoms with Crippen LogP contribution >= 0.6 is 0 Å². The number of nitrogens with zero attached hydrogens (tertiary/aromatic N) is 3. The van der Waals surface area contributed by atoms with E-state index < -0.39 is 22.6 Å². The Morgan fingerprint density at radius 2 is 1.91 bits per heavy atom. The molecule has 0 aliphatic heterocycles. The Bertz CT molecular complexity index is 1210. The van der Waals surface area contributed by atoms with Gasteiger partial charge in [-0.2, -0.15) is 0 Å². The van der Waals surface area contributed by atoms with Crippen molar-refractivity contribution in [3.05, 3.63) is 62.6 Å². The molecular weight excluding hydrogens is 422 g/mol. The summed E-state index contributed by atoms with van der Waals surface area (Å²) in [4.78, 5) is 50.9. The van der Waals surface area contributed by atoms with Gasteiger partial charge in [-0.25, -0.2) is 4.79 Å². The number of hydrogen-bond acceptors (Lipinski definition) is 7. The van der Waals surface area contributed by atoms with E-state index >= 15 is 0 Å². The molecule has 3 rings (SSSR count). The number of aromatic nitrogens is 2. The number of fused-ring (bicyclic) bond motifs is 1. The zero-order valence-electron chi connectivity index (χ0n) is 17.3. The highest BCUT2D eigenvalue weighted by molar-refractivity contribution is 5.84. The fourth-order valence-electron chi connectivity index (χ4n) is 3.39. The number of non-ortho nitro benzene ring substituents is 1. The molecule has 0 aliphatic carbocycles. The number of nitrogens with one attached hydrogen (secondary N) is 1. The van der Waals surface area contributed by atoms with Crippen molar-refractivity contribution in [3.63, 3.8) is 0 Å². The van der Waals surface area contributed by atoms with E-state index in [1.807, 2.05) is 0 Å². The molecular formula is C20H21N5O7. The zero-order chi connectivity index (χ0) is 23.4. The first-order valence-corrected chi connectivity index (χ1v) is 9.36. The predicted octanol–water partition coefficient (Wildman–Crippen LogP) is 0.940. The number of primary amides is 1. The second-order valence-corrected chi connectivity index (χ2v) is 6.93. The lowest BCUT2D eigenvalue weighted by Gasteiger charge is -2.24. The molecule has 0 aliphatic rings. The summed E-state index contributed by atoms with van der Waals surface area (Å²) in [5.41, 5.74) is 5.67. The van der Waals surface area contributed by atoms with Crippen LogP contribution in [0.25, 0.3) is 11.0 Å². The lowest BCUT2D eigenvalue weighted by Crippen LogP contribution is -2.40. The van der Waals surface area contributed by atoms with E-state index in [-0.39, 0.29) is 24.3 Å². The lowest BCUT2D eigenvalue weighted by molar-refractivity contribution is -0.384. The number of nitrogens with two attached hydrogens (primary N) is 1. The molecule has 1 atom stereocenters. The van der Waals surface area contributed by atoms with Crippen molar-refractivity contribution >= 4 is 29.0 Å². The molecule has 12 heteroatoms. The van der Waals surface area contributed by atoms with Gasteiger partial charge in [0.2, 0.25) is 12.3 Å². The highest BCUT2D eigenvalue weighted by Gasteiger charge is 2.26. The summed E-state index contributed by atoms with van der Waals surface area (Å²) in [5, 5.41) is 11.1. The van der Waals surface area contributed by atoms with Crippen molar-refractivity contribution in [2.75, 3.05) is 20.8 Å². The second-order valence-electron chi connectivity index (χ2n) is 6.93. The van der Waals surface area contributed by atoms with E-state index in [4.69, 9.17) is 15.2 Å². The van der Waals surface area contributed by atoms with E-state index in [1.165, 1.54) is 37.3 Å². The lowest BCUT2D eigenvalue weighted by atomic mass is 10.1. The van der Waals surface area contributed by atoms with E-state index in [0.29, 0.717) is 29.0 Å². The number of ether oxygens (including phenoxy) is 2. The van der Waals surface area contributed by atoms with E-state index in [1.54, 1.807) is 18.2 Å². The summed E-state index contributed by atoms with van der Waals surface area (Å²) < 4.78 is 11.5. The Balaban J connectivity index is 1.97. The summed E-state index contributed by atoms with van der Waals surface area (Å²) in [6.07, 6.45) is 0.518. The van der Waals surface area contributed by atoms with Gasteiger partial charge in [-0.3, -0.25) is 24.3 Å². The minimum absolute atomic E-state index is 0.0676. The number of nitro benzene ring substituents is 1. The van der Waals surface area contributed by atoms with Crippen LogP contribution in [-0.2, 0) is 16.1 Å². The maximum atomic E-state index is 12.6. The van der Waals surface area contributed by atoms with Gasteiger partial charge in [-0.1, -0.05) is 0 Å². The maximum absolute atomic E-state index is 12.6. The van der Waals surface area contributed by atoms with Crippen molar-refractivity contribution in [1.29, 1.82) is 0 Å². The largest absolute Gasteiger partial charge is 0.497 e. The highest BCUT2D eigenvalue weighted by atomic mass is 16.6. The number of nitro groups is 1. The quantitative estimate of drug-likeness (QED) is 0.267. The Kier molecular flexibility index (Phi) is 6.42. The molecule has 168 valence electrons. The molecule has 1 unspecified atom stereocenters. The van der Waals surface area contributed by atoms with Crippen molar-refractivity contribution in [1.82, 2.24) is 14.5 Å². The molecule has 0 spiro atoms. The minimum atomic E-state index is -1.27. The molecule has 0 bridgehead atoms. The summed E-state index contributed by atoms with van der Waals surface area (Å²) in [7, 11) is 2.98. The summed E-state index contributed by atoms with van der Waals surface area (Å²) in [5.74, 6) is 0.142. The number of rotatable bonds is 10. The predicted molar refractivity (Wildman–Crippen MR) is 113 cm³/mol. The van der Waals surface area contributed by atoms with Crippen LogP contribution in [0.3, 0.4) is 0 Å². The Labute approximate surface area is 181 Å². The Hall–Kier alpha value is -4.35. The summed E-state index contributed by atoms with van der Waals surface area (Å²) in [6, 6.07) is 7.55. The number of benzene rings is 2. The molecule has 32 heavy (non-hydrogen) atoms. The number of H-pyrrole nitrogens is 1. The molecule has 12 nitrogen and oxygen atoms in total. The standard InChI is InChI=1S/C20H21N5O7/c1-31-14-5-12(6-15(8-14)32-2)9-23(11-26)10-18(19(21)27)24-17-7-13(25(29)30)3-4-16(17)22-20(24)28/h3-8,11,18H,9-10H2,1-2H3,(H2,21,27)(H,22,28). The van der Waals surface area contributed by atoms with Crippen LogP contribution < -0.4 is 20.9 Å². The molecule has 0 fully saturated rings. The number of hydrogen-bond donors (Lipinski definition) is 2. The van der Waals surface area contributed by atoms with E-state index in [9.17, 15) is 24.5 Å². The van der Waals surface area contributed by atoms with Crippen LogP contribution in [0.15, 0.2) is 41.2 Å². The molecule has 0 radical (unpaired) electrons. The number of amides is 2. The van der Waals surface area contributed by atoms with Crippen LogP contribution in [0.1, 0.15) is 11.6 Å². The third-order valence-electron chi connectivity index (χ3n) is 4.91. The number of methoxy groups -OCH3 is 2. The summed E-state index contributed by atoms with van der Waals surface area (Å²) >= 11 is 0. The van der Waals surface area contributed by atoms with Crippen LogP contribution in [-0.4, -0.2) is 52.5 Å². The normalized spacial score (nSPS) is 11.7. The van der Waals surface area contributed by atoms with Crippen molar-refractivity contribution in [3.8, 4) is 11.5 Å². The van der Waals surface area contributed by atoms with Gasteiger partial charge in [0.25, 0.3) is 5.69 Å². The molecule has 1 aromatic heterocycles. The smallest absolute Gasteiger partial charge is 0.327 e. The van der Waals surface area contributed by atoms with Crippen LogP contribution in [0.4, 0.5) is 5.69 Å². The second kappa shape index (κ2) is 9.20. The maximum Gasteiger partial charge on any atom is 0.327 e. The molecule has 2 aromatic carbocycles. The van der Waals surface area contributed by atoms with Gasteiger partial charge in [0.1, 0.15) is 17.5 Å². The van der Waals surface area contributed by atoms with Crippen molar-refractivity contribution < 1.29 is 24.0 Å². The third-order valence-corrected chi connectivity index (χ3v) is 4.91. The monoisotopic (exact) mass is 443 g/mol. The SMILES string of the molecule is COc1cc(CN(C=O)CC(C(N)=O)n2c(=O)[nH]c3ccc([N+](=O)[O-])cc32)cc(OC)c1. The number of carbonyl (C=O) groups is 2. The number of aromatic amines is 1. The fourth-order valence-corrected chi connectivity index (χ4v) is 3.39. The third kappa shape index (κ3) is 4.53. The fraction of sp³-hybridized carbons (Fsp3) is 0.250.